The minimum absolute atomic E-state index is 0. The first-order valence-electron chi connectivity index (χ1n) is 1.41. The quantitative estimate of drug-likeness (QED) is 0.462. The fourth-order valence-electron chi connectivity index (χ4n) is 0. The summed E-state index contributed by atoms with van der Waals surface area (Å²) in [5.41, 5.74) is 0. The van der Waals surface area contributed by atoms with Crippen LogP contribution in [0.5, 0.6) is 0 Å². The van der Waals surface area contributed by atoms with Crippen LogP contribution >= 0.6 is 0 Å². The molecule has 0 rings (SSSR count). The van der Waals surface area contributed by atoms with Gasteiger partial charge in [-0.1, -0.05) is 0 Å². The van der Waals surface area contributed by atoms with E-state index in [1.54, 1.807) is 13.8 Å². The van der Waals surface area contributed by atoms with Crippen molar-refractivity contribution < 1.29 is 22.2 Å². The molecule has 0 unspecified atom stereocenters. The monoisotopic (exact) mass is 123 g/mol. The normalized spacial score (nSPS) is 7.20. The van der Waals surface area contributed by atoms with Crippen molar-refractivity contribution in [2.75, 3.05) is 0 Å². The van der Waals surface area contributed by atoms with Crippen LogP contribution in [-0.2, 0) is 17.1 Å². The van der Waals surface area contributed by atoms with Crippen LogP contribution in [0.1, 0.15) is 13.8 Å². The Bertz CT molecular complexity index is 11.6. The third kappa shape index (κ3) is 120. The number of hydrogen-bond donors (Lipinski definition) is 1. The van der Waals surface area contributed by atoms with Crippen LogP contribution in [0.25, 0.3) is 0 Å². The van der Waals surface area contributed by atoms with Gasteiger partial charge in [0.15, 0.2) is 0 Å². The Morgan fingerprint density at radius 3 is 1.40 bits per heavy atom. The minimum Gasteiger partial charge on any atom is -0.394 e. The Labute approximate surface area is 42.9 Å². The molecule has 0 aliphatic carbocycles. The van der Waals surface area contributed by atoms with Crippen LogP contribution in [0.3, 0.4) is 0 Å². The van der Waals surface area contributed by atoms with E-state index in [0.29, 0.717) is 0 Å². The Kier molecular flexibility index (Phi) is 8.14. The van der Waals surface area contributed by atoms with Gasteiger partial charge in [0.1, 0.15) is 0 Å². The molecule has 0 aromatic carbocycles. The second-order valence-electron chi connectivity index (χ2n) is 1.09. The van der Waals surface area contributed by atoms with Gasteiger partial charge in [0.25, 0.3) is 0 Å². The number of aliphatic hydroxyl groups excluding tert-OH is 1. The van der Waals surface area contributed by atoms with Crippen molar-refractivity contribution in [3.8, 4) is 0 Å². The molecule has 1 nitrogen and oxygen atoms in total. The predicted octanol–water partition coefficient (Wildman–Crippen LogP) is 0.385. The molecule has 1 N–H and O–H groups in total. The van der Waals surface area contributed by atoms with Crippen LogP contribution in [-0.4, -0.2) is 11.2 Å². The molecule has 0 aromatic heterocycles. The van der Waals surface area contributed by atoms with Crippen LogP contribution in [0.15, 0.2) is 0 Å². The zero-order valence-corrected chi connectivity index (χ0v) is 4.27. The van der Waals surface area contributed by atoms with E-state index in [9.17, 15) is 0 Å². The molecule has 0 aliphatic rings. The molecule has 0 atom stereocenters. The van der Waals surface area contributed by atoms with E-state index in [0.717, 1.165) is 0 Å². The summed E-state index contributed by atoms with van der Waals surface area (Å²) in [6, 6.07) is 0. The summed E-state index contributed by atoms with van der Waals surface area (Å²) in [6.45, 7) is 3.44. The fraction of sp³-hybridized carbons (Fsp3) is 1.00. The zero-order valence-electron chi connectivity index (χ0n) is 3.33. The van der Waals surface area contributed by atoms with E-state index >= 15 is 0 Å². The van der Waals surface area contributed by atoms with E-state index in [-0.39, 0.29) is 23.2 Å². The SMILES string of the molecule is CC(C)O.[Cu+]. The van der Waals surface area contributed by atoms with Crippen LogP contribution in [0, 0.1) is 0 Å². The molecule has 0 saturated carbocycles. The second kappa shape index (κ2) is 4.48. The van der Waals surface area contributed by atoms with Gasteiger partial charge in [-0.05, 0) is 13.8 Å². The van der Waals surface area contributed by atoms with Gasteiger partial charge < -0.3 is 5.11 Å². The van der Waals surface area contributed by atoms with Crippen LogP contribution in [0.4, 0.5) is 0 Å². The van der Waals surface area contributed by atoms with Crippen molar-refractivity contribution in [1.29, 1.82) is 0 Å². The average Bonchev–Trinajstić information content (AvgIpc) is 0.811. The van der Waals surface area contributed by atoms with Gasteiger partial charge in [-0.2, -0.15) is 0 Å². The van der Waals surface area contributed by atoms with Crippen molar-refractivity contribution in [3.63, 3.8) is 0 Å². The molecular weight excluding hydrogens is 116 g/mol. The topological polar surface area (TPSA) is 20.2 Å². The molecule has 0 heterocycles. The van der Waals surface area contributed by atoms with E-state index in [2.05, 4.69) is 0 Å². The van der Waals surface area contributed by atoms with Gasteiger partial charge in [0.2, 0.25) is 0 Å². The number of aliphatic hydroxyl groups is 1. The summed E-state index contributed by atoms with van der Waals surface area (Å²) in [5.74, 6) is 0. The molecule has 0 amide bonds. The maximum absolute atomic E-state index is 8.06. The maximum atomic E-state index is 8.06. The molecule has 0 bridgehead atoms. The smallest absolute Gasteiger partial charge is 0.394 e. The van der Waals surface area contributed by atoms with Crippen molar-refractivity contribution in [1.82, 2.24) is 0 Å². The van der Waals surface area contributed by atoms with Crippen molar-refractivity contribution >= 4 is 0 Å². The first-order chi connectivity index (χ1) is 1.73. The Hall–Kier alpha value is 0.479. The molecule has 0 aromatic rings. The Morgan fingerprint density at radius 2 is 1.40 bits per heavy atom. The molecule has 0 aliphatic heterocycles. The number of rotatable bonds is 0. The molecule has 0 spiro atoms. The van der Waals surface area contributed by atoms with Gasteiger partial charge in [0.05, 0.1) is 0 Å². The minimum atomic E-state index is -0.167. The van der Waals surface area contributed by atoms with Gasteiger partial charge in [-0.3, -0.25) is 0 Å². The summed E-state index contributed by atoms with van der Waals surface area (Å²) in [5, 5.41) is 8.06. The van der Waals surface area contributed by atoms with Crippen molar-refractivity contribution in [3.05, 3.63) is 0 Å². The van der Waals surface area contributed by atoms with Crippen molar-refractivity contribution in [2.24, 2.45) is 0 Å². The van der Waals surface area contributed by atoms with Gasteiger partial charge in [0, 0.05) is 6.10 Å². The predicted molar refractivity (Wildman–Crippen MR) is 17.4 cm³/mol. The van der Waals surface area contributed by atoms with Gasteiger partial charge >= 0.3 is 17.1 Å². The summed E-state index contributed by atoms with van der Waals surface area (Å²) in [4.78, 5) is 0. The van der Waals surface area contributed by atoms with Crippen LogP contribution in [0.2, 0.25) is 0 Å². The molecular formula is C3H8CuO+. The molecule has 0 saturated heterocycles. The standard InChI is InChI=1S/C3H8O.Cu/c1-3(2)4;/h3-4H,1-2H3;/q;+1. The Balaban J connectivity index is 0. The first kappa shape index (κ1) is 9.08. The summed E-state index contributed by atoms with van der Waals surface area (Å²) >= 11 is 0. The molecule has 2 heteroatoms. The van der Waals surface area contributed by atoms with Gasteiger partial charge in [-0.25, -0.2) is 0 Å². The molecule has 0 radical (unpaired) electrons. The molecule has 5 heavy (non-hydrogen) atoms. The van der Waals surface area contributed by atoms with Gasteiger partial charge in [-0.15, -0.1) is 0 Å². The Morgan fingerprint density at radius 1 is 1.40 bits per heavy atom. The summed E-state index contributed by atoms with van der Waals surface area (Å²) < 4.78 is 0. The fourth-order valence-corrected chi connectivity index (χ4v) is 0. The largest absolute Gasteiger partial charge is 1.00 e. The summed E-state index contributed by atoms with van der Waals surface area (Å²) in [6.07, 6.45) is -0.167. The summed E-state index contributed by atoms with van der Waals surface area (Å²) in [7, 11) is 0. The number of hydrogen-bond acceptors (Lipinski definition) is 1. The van der Waals surface area contributed by atoms with Crippen molar-refractivity contribution in [2.45, 2.75) is 20.0 Å². The average molecular weight is 124 g/mol. The second-order valence-corrected chi connectivity index (χ2v) is 1.09. The van der Waals surface area contributed by atoms with E-state index in [4.69, 9.17) is 5.11 Å². The first-order valence-corrected chi connectivity index (χ1v) is 1.41. The van der Waals surface area contributed by atoms with Crippen LogP contribution < -0.4 is 0 Å². The third-order valence-electron chi connectivity index (χ3n) is 0. The maximum Gasteiger partial charge on any atom is 1.00 e. The van der Waals surface area contributed by atoms with E-state index in [1.165, 1.54) is 0 Å². The zero-order chi connectivity index (χ0) is 3.58. The third-order valence-corrected chi connectivity index (χ3v) is 0. The molecule has 0 fully saturated rings. The van der Waals surface area contributed by atoms with E-state index in [1.807, 2.05) is 0 Å². The molecule has 36 valence electrons. The van der Waals surface area contributed by atoms with E-state index < -0.39 is 0 Å².